The molecule has 136 valence electrons. The molecule has 1 aromatic carbocycles. The van der Waals surface area contributed by atoms with Crippen molar-refractivity contribution >= 4 is 5.91 Å². The van der Waals surface area contributed by atoms with Crippen molar-refractivity contribution in [2.24, 2.45) is 11.3 Å². The molecule has 2 atom stereocenters. The number of amides is 1. The van der Waals surface area contributed by atoms with E-state index in [4.69, 9.17) is 4.74 Å². The molecule has 1 N–H and O–H groups in total. The second kappa shape index (κ2) is 6.73. The van der Waals surface area contributed by atoms with Crippen LogP contribution in [0.2, 0.25) is 0 Å². The van der Waals surface area contributed by atoms with Crippen LogP contribution in [0.1, 0.15) is 44.1 Å². The number of benzene rings is 1. The maximum absolute atomic E-state index is 13.7. The fraction of sp³-hybridized carbons (Fsp3) is 0.667. The number of aliphatic hydroxyl groups is 1. The maximum Gasteiger partial charge on any atom is 0.233 e. The van der Waals surface area contributed by atoms with Crippen LogP contribution < -0.4 is 0 Å². The summed E-state index contributed by atoms with van der Waals surface area (Å²) < 4.78 is 5.64. The molecule has 4 nitrogen and oxygen atoms in total. The number of likely N-dealkylation sites (tertiary alicyclic amines) is 1. The third-order valence-electron chi connectivity index (χ3n) is 6.92. The van der Waals surface area contributed by atoms with E-state index in [-0.39, 0.29) is 29.3 Å². The highest BCUT2D eigenvalue weighted by Crippen LogP contribution is 2.46. The SMILES string of the molecule is O=C(N1C[C@@H]2COCC[C@]2(CO)C1)C1(c2ccccc2)CCCCC1. The molecule has 1 aromatic rings. The average Bonchev–Trinajstić information content (AvgIpc) is 3.09. The summed E-state index contributed by atoms with van der Waals surface area (Å²) in [4.78, 5) is 15.8. The standard InChI is InChI=1S/C21H29NO3/c23-16-20-11-12-25-14-18(20)13-22(15-20)19(24)21(9-5-2-6-10-21)17-7-3-1-4-8-17/h1,3-4,7-8,18,23H,2,5-6,9-16H2/t18-,20-/m1/s1. The molecule has 2 aliphatic heterocycles. The van der Waals surface area contributed by atoms with Crippen LogP contribution in [-0.2, 0) is 14.9 Å². The summed E-state index contributed by atoms with van der Waals surface area (Å²) in [5.74, 6) is 0.548. The average molecular weight is 343 g/mol. The number of carbonyl (C=O) groups is 1. The Kier molecular flexibility index (Phi) is 4.59. The van der Waals surface area contributed by atoms with Crippen LogP contribution in [0.4, 0.5) is 0 Å². The van der Waals surface area contributed by atoms with Gasteiger partial charge in [-0.25, -0.2) is 0 Å². The first-order valence-corrected chi connectivity index (χ1v) is 9.74. The number of rotatable bonds is 3. The summed E-state index contributed by atoms with van der Waals surface area (Å²) >= 11 is 0. The lowest BCUT2D eigenvalue weighted by molar-refractivity contribution is -0.138. The summed E-state index contributed by atoms with van der Waals surface area (Å²) in [6.45, 7) is 2.94. The van der Waals surface area contributed by atoms with E-state index in [1.807, 2.05) is 23.1 Å². The molecule has 3 aliphatic rings. The predicted molar refractivity (Wildman–Crippen MR) is 96.2 cm³/mol. The second-order valence-corrected chi connectivity index (χ2v) is 8.24. The number of fused-ring (bicyclic) bond motifs is 1. The first-order valence-electron chi connectivity index (χ1n) is 9.74. The summed E-state index contributed by atoms with van der Waals surface area (Å²) in [6, 6.07) is 10.4. The second-order valence-electron chi connectivity index (χ2n) is 8.24. The van der Waals surface area contributed by atoms with Crippen LogP contribution in [0, 0.1) is 11.3 Å². The van der Waals surface area contributed by atoms with Crippen LogP contribution in [0.25, 0.3) is 0 Å². The minimum absolute atomic E-state index is 0.152. The number of aliphatic hydroxyl groups excluding tert-OH is 1. The molecule has 1 saturated carbocycles. The lowest BCUT2D eigenvalue weighted by Crippen LogP contribution is -2.48. The molecular formula is C21H29NO3. The molecular weight excluding hydrogens is 314 g/mol. The molecule has 4 rings (SSSR count). The Morgan fingerprint density at radius 2 is 1.92 bits per heavy atom. The van der Waals surface area contributed by atoms with Crippen molar-refractivity contribution in [1.29, 1.82) is 0 Å². The van der Waals surface area contributed by atoms with Crippen LogP contribution in [-0.4, -0.2) is 48.8 Å². The third kappa shape index (κ3) is 2.80. The number of ether oxygens (including phenoxy) is 1. The van der Waals surface area contributed by atoms with E-state index < -0.39 is 0 Å². The molecule has 2 saturated heterocycles. The number of hydrogen-bond donors (Lipinski definition) is 1. The van der Waals surface area contributed by atoms with Gasteiger partial charge in [0.05, 0.1) is 18.6 Å². The minimum Gasteiger partial charge on any atom is -0.396 e. The Hall–Kier alpha value is -1.39. The largest absolute Gasteiger partial charge is 0.396 e. The molecule has 3 fully saturated rings. The molecule has 0 unspecified atom stereocenters. The Labute approximate surface area is 150 Å². The third-order valence-corrected chi connectivity index (χ3v) is 6.92. The van der Waals surface area contributed by atoms with Crippen molar-refractivity contribution in [3.05, 3.63) is 35.9 Å². The normalized spacial score (nSPS) is 31.6. The van der Waals surface area contributed by atoms with Gasteiger partial charge in [-0.2, -0.15) is 0 Å². The number of hydrogen-bond acceptors (Lipinski definition) is 3. The monoisotopic (exact) mass is 343 g/mol. The Morgan fingerprint density at radius 1 is 1.16 bits per heavy atom. The number of nitrogens with zero attached hydrogens (tertiary/aromatic N) is 1. The first kappa shape index (κ1) is 17.0. The summed E-state index contributed by atoms with van der Waals surface area (Å²) in [7, 11) is 0. The predicted octanol–water partition coefficient (Wildman–Crippen LogP) is 2.75. The zero-order chi connectivity index (χ0) is 17.3. The zero-order valence-corrected chi connectivity index (χ0v) is 15.0. The maximum atomic E-state index is 13.7. The number of carbonyl (C=O) groups excluding carboxylic acids is 1. The Balaban J connectivity index is 1.64. The van der Waals surface area contributed by atoms with E-state index in [0.29, 0.717) is 19.8 Å². The minimum atomic E-state index is -0.371. The van der Waals surface area contributed by atoms with Gasteiger partial charge in [0.15, 0.2) is 0 Å². The molecule has 4 heteroatoms. The van der Waals surface area contributed by atoms with Crippen molar-refractivity contribution < 1.29 is 14.6 Å². The van der Waals surface area contributed by atoms with Gasteiger partial charge in [-0.15, -0.1) is 0 Å². The van der Waals surface area contributed by atoms with Crippen LogP contribution in [0.5, 0.6) is 0 Å². The zero-order valence-electron chi connectivity index (χ0n) is 15.0. The summed E-state index contributed by atoms with van der Waals surface area (Å²) in [6.07, 6.45) is 6.20. The highest BCUT2D eigenvalue weighted by atomic mass is 16.5. The van der Waals surface area contributed by atoms with Crippen molar-refractivity contribution in [2.45, 2.75) is 43.9 Å². The van der Waals surface area contributed by atoms with E-state index >= 15 is 0 Å². The van der Waals surface area contributed by atoms with Crippen molar-refractivity contribution in [1.82, 2.24) is 4.90 Å². The van der Waals surface area contributed by atoms with Crippen LogP contribution in [0.15, 0.2) is 30.3 Å². The lowest BCUT2D eigenvalue weighted by atomic mass is 9.68. The van der Waals surface area contributed by atoms with Crippen molar-refractivity contribution in [2.75, 3.05) is 32.9 Å². The smallest absolute Gasteiger partial charge is 0.233 e. The highest BCUT2D eigenvalue weighted by molar-refractivity contribution is 5.88. The topological polar surface area (TPSA) is 49.8 Å². The van der Waals surface area contributed by atoms with Crippen molar-refractivity contribution in [3.8, 4) is 0 Å². The highest BCUT2D eigenvalue weighted by Gasteiger charge is 2.53. The van der Waals surface area contributed by atoms with Crippen LogP contribution in [0.3, 0.4) is 0 Å². The van der Waals surface area contributed by atoms with E-state index in [0.717, 1.165) is 38.6 Å². The molecule has 2 heterocycles. The Morgan fingerprint density at radius 3 is 2.60 bits per heavy atom. The fourth-order valence-corrected chi connectivity index (χ4v) is 5.30. The lowest BCUT2D eigenvalue weighted by Gasteiger charge is -2.40. The Bertz CT molecular complexity index is 611. The van der Waals surface area contributed by atoms with E-state index in [1.54, 1.807) is 0 Å². The quantitative estimate of drug-likeness (QED) is 0.918. The van der Waals surface area contributed by atoms with E-state index in [1.165, 1.54) is 12.0 Å². The molecule has 1 aliphatic carbocycles. The van der Waals surface area contributed by atoms with Gasteiger partial charge in [-0.1, -0.05) is 49.6 Å². The van der Waals surface area contributed by atoms with Gasteiger partial charge in [0.25, 0.3) is 0 Å². The molecule has 0 spiro atoms. The van der Waals surface area contributed by atoms with Gasteiger partial charge in [-0.3, -0.25) is 4.79 Å². The van der Waals surface area contributed by atoms with Gasteiger partial charge < -0.3 is 14.7 Å². The molecule has 0 bridgehead atoms. The van der Waals surface area contributed by atoms with Gasteiger partial charge in [0.1, 0.15) is 0 Å². The van der Waals surface area contributed by atoms with Gasteiger partial charge in [0.2, 0.25) is 5.91 Å². The van der Waals surface area contributed by atoms with Gasteiger partial charge >= 0.3 is 0 Å². The summed E-state index contributed by atoms with van der Waals surface area (Å²) in [5, 5.41) is 10.0. The molecule has 25 heavy (non-hydrogen) atoms. The molecule has 1 amide bonds. The fourth-order valence-electron chi connectivity index (χ4n) is 5.30. The van der Waals surface area contributed by atoms with Gasteiger partial charge in [0, 0.05) is 31.0 Å². The van der Waals surface area contributed by atoms with E-state index in [9.17, 15) is 9.90 Å². The van der Waals surface area contributed by atoms with Crippen LogP contribution >= 0.6 is 0 Å². The van der Waals surface area contributed by atoms with E-state index in [2.05, 4.69) is 12.1 Å². The molecule has 0 aromatic heterocycles. The van der Waals surface area contributed by atoms with Gasteiger partial charge in [-0.05, 0) is 24.8 Å². The summed E-state index contributed by atoms with van der Waals surface area (Å²) in [5.41, 5.74) is 0.647. The first-order chi connectivity index (χ1) is 12.2. The molecule has 0 radical (unpaired) electrons. The van der Waals surface area contributed by atoms with Crippen molar-refractivity contribution in [3.63, 3.8) is 0 Å².